The van der Waals surface area contributed by atoms with E-state index in [0.717, 1.165) is 11.1 Å². The van der Waals surface area contributed by atoms with E-state index in [-0.39, 0.29) is 0 Å². The summed E-state index contributed by atoms with van der Waals surface area (Å²) < 4.78 is 0. The first-order valence-corrected chi connectivity index (χ1v) is 3.54. The average molecular weight is 144 g/mol. The zero-order valence-electron chi connectivity index (χ0n) is 5.99. The van der Waals surface area contributed by atoms with E-state index < -0.39 is 0 Å². The topological polar surface area (TPSA) is 20.2 Å². The molecule has 0 spiro atoms. The van der Waals surface area contributed by atoms with Crippen molar-refractivity contribution in [3.63, 3.8) is 0 Å². The van der Waals surface area contributed by atoms with Gasteiger partial charge in [0, 0.05) is 0 Å². The normalized spacial score (nSPS) is 10.2. The SMILES string of the molecule is Oc1cc2cccccc-2c1. The van der Waals surface area contributed by atoms with Crippen molar-refractivity contribution in [2.75, 3.05) is 0 Å². The van der Waals surface area contributed by atoms with Crippen molar-refractivity contribution in [3.8, 4) is 16.9 Å². The zero-order valence-corrected chi connectivity index (χ0v) is 5.99. The molecular weight excluding hydrogens is 136 g/mol. The van der Waals surface area contributed by atoms with Crippen molar-refractivity contribution in [3.05, 3.63) is 42.5 Å². The highest BCUT2D eigenvalue weighted by molar-refractivity contribution is 5.69. The van der Waals surface area contributed by atoms with Crippen LogP contribution in [0, 0.1) is 0 Å². The first-order chi connectivity index (χ1) is 5.36. The standard InChI is InChI=1S/C10H8O/c11-10-6-8-4-2-1-3-5-9(8)7-10/h1-7,11H. The molecule has 1 N–H and O–H groups in total. The lowest BCUT2D eigenvalue weighted by Gasteiger charge is -1.85. The summed E-state index contributed by atoms with van der Waals surface area (Å²) in [5.74, 6) is 0.339. The number of hydrogen-bond donors (Lipinski definition) is 1. The highest BCUT2D eigenvalue weighted by Gasteiger charge is 2.01. The van der Waals surface area contributed by atoms with Crippen LogP contribution in [0.4, 0.5) is 0 Å². The van der Waals surface area contributed by atoms with E-state index in [1.165, 1.54) is 0 Å². The van der Waals surface area contributed by atoms with Crippen LogP contribution in [0.5, 0.6) is 5.75 Å². The fourth-order valence-corrected chi connectivity index (χ4v) is 1.20. The Labute approximate surface area is 65.3 Å². The molecule has 0 unspecified atom stereocenters. The Balaban J connectivity index is 2.73. The Bertz CT molecular complexity index is 310. The molecule has 0 bridgehead atoms. The first kappa shape index (κ1) is 6.23. The molecule has 1 nitrogen and oxygen atoms in total. The Morgan fingerprint density at radius 1 is 0.818 bits per heavy atom. The third-order valence-corrected chi connectivity index (χ3v) is 1.71. The van der Waals surface area contributed by atoms with E-state index in [0.29, 0.717) is 5.75 Å². The molecule has 0 aliphatic heterocycles. The number of aromatic hydroxyl groups is 1. The molecule has 0 aromatic rings. The molecule has 0 radical (unpaired) electrons. The Morgan fingerprint density at radius 3 is 1.91 bits per heavy atom. The second-order valence-electron chi connectivity index (χ2n) is 2.53. The second-order valence-corrected chi connectivity index (χ2v) is 2.53. The lowest BCUT2D eigenvalue weighted by atomic mass is 10.2. The molecule has 0 saturated carbocycles. The molecule has 2 aliphatic carbocycles. The van der Waals surface area contributed by atoms with Crippen molar-refractivity contribution < 1.29 is 5.11 Å². The van der Waals surface area contributed by atoms with E-state index in [1.807, 2.05) is 30.3 Å². The Hall–Kier alpha value is -1.50. The van der Waals surface area contributed by atoms with Gasteiger partial charge in [-0.2, -0.15) is 0 Å². The van der Waals surface area contributed by atoms with Crippen LogP contribution in [0.3, 0.4) is 0 Å². The second kappa shape index (κ2) is 2.27. The molecule has 0 aromatic carbocycles. The minimum atomic E-state index is 0.339. The fraction of sp³-hybridized carbons (Fsp3) is 0. The summed E-state index contributed by atoms with van der Waals surface area (Å²) in [6.45, 7) is 0. The maximum Gasteiger partial charge on any atom is 0.116 e. The fourth-order valence-electron chi connectivity index (χ4n) is 1.20. The smallest absolute Gasteiger partial charge is 0.116 e. The lowest BCUT2D eigenvalue weighted by molar-refractivity contribution is 0.477. The largest absolute Gasteiger partial charge is 0.508 e. The molecule has 1 heteroatoms. The van der Waals surface area contributed by atoms with Crippen molar-refractivity contribution >= 4 is 0 Å². The molecule has 2 aliphatic rings. The van der Waals surface area contributed by atoms with Gasteiger partial charge in [0.25, 0.3) is 0 Å². The summed E-state index contributed by atoms with van der Waals surface area (Å²) in [5.41, 5.74) is 2.15. The van der Waals surface area contributed by atoms with Gasteiger partial charge >= 0.3 is 0 Å². The van der Waals surface area contributed by atoms with Crippen LogP contribution in [0.1, 0.15) is 0 Å². The Kier molecular flexibility index (Phi) is 1.29. The average Bonchev–Trinajstić information content (AvgIpc) is 2.17. The zero-order chi connectivity index (χ0) is 7.68. The summed E-state index contributed by atoms with van der Waals surface area (Å²) in [5, 5.41) is 9.14. The Morgan fingerprint density at radius 2 is 1.36 bits per heavy atom. The third-order valence-electron chi connectivity index (χ3n) is 1.71. The summed E-state index contributed by atoms with van der Waals surface area (Å²) >= 11 is 0. The van der Waals surface area contributed by atoms with Gasteiger partial charge in [-0.05, 0) is 23.3 Å². The monoisotopic (exact) mass is 144 g/mol. The van der Waals surface area contributed by atoms with Crippen LogP contribution < -0.4 is 0 Å². The van der Waals surface area contributed by atoms with Gasteiger partial charge < -0.3 is 5.11 Å². The molecule has 2 rings (SSSR count). The summed E-state index contributed by atoms with van der Waals surface area (Å²) in [6, 6.07) is 13.4. The van der Waals surface area contributed by atoms with E-state index >= 15 is 0 Å². The molecule has 0 amide bonds. The molecule has 0 atom stereocenters. The first-order valence-electron chi connectivity index (χ1n) is 3.54. The van der Waals surface area contributed by atoms with Crippen LogP contribution in [-0.2, 0) is 0 Å². The lowest BCUT2D eigenvalue weighted by Crippen LogP contribution is -1.59. The molecule has 11 heavy (non-hydrogen) atoms. The molecular formula is C10H8O. The van der Waals surface area contributed by atoms with Crippen LogP contribution in [0.15, 0.2) is 42.5 Å². The summed E-state index contributed by atoms with van der Waals surface area (Å²) in [7, 11) is 0. The number of fused-ring (bicyclic) bond motifs is 1. The predicted octanol–water partition coefficient (Wildman–Crippen LogP) is 2.50. The summed E-state index contributed by atoms with van der Waals surface area (Å²) in [6.07, 6.45) is 0. The van der Waals surface area contributed by atoms with Gasteiger partial charge in [-0.15, -0.1) is 0 Å². The van der Waals surface area contributed by atoms with Gasteiger partial charge in [-0.25, -0.2) is 0 Å². The van der Waals surface area contributed by atoms with Gasteiger partial charge in [-0.3, -0.25) is 0 Å². The molecule has 0 heterocycles. The van der Waals surface area contributed by atoms with E-state index in [2.05, 4.69) is 0 Å². The van der Waals surface area contributed by atoms with Crippen LogP contribution >= 0.6 is 0 Å². The minimum Gasteiger partial charge on any atom is -0.508 e. The molecule has 0 saturated heterocycles. The molecule has 0 aromatic heterocycles. The molecule has 54 valence electrons. The van der Waals surface area contributed by atoms with Gasteiger partial charge in [0.1, 0.15) is 5.75 Å². The highest BCUT2D eigenvalue weighted by atomic mass is 16.3. The highest BCUT2D eigenvalue weighted by Crippen LogP contribution is 2.28. The minimum absolute atomic E-state index is 0.339. The van der Waals surface area contributed by atoms with E-state index in [1.54, 1.807) is 12.1 Å². The maximum absolute atomic E-state index is 9.14. The van der Waals surface area contributed by atoms with Gasteiger partial charge in [0.05, 0.1) is 0 Å². The predicted molar refractivity (Wildman–Crippen MR) is 44.7 cm³/mol. The number of rotatable bonds is 0. The van der Waals surface area contributed by atoms with Gasteiger partial charge in [0.15, 0.2) is 0 Å². The van der Waals surface area contributed by atoms with Crippen molar-refractivity contribution in [1.82, 2.24) is 0 Å². The van der Waals surface area contributed by atoms with Crippen molar-refractivity contribution in [2.45, 2.75) is 0 Å². The summed E-state index contributed by atoms with van der Waals surface area (Å²) in [4.78, 5) is 0. The van der Waals surface area contributed by atoms with E-state index in [9.17, 15) is 0 Å². The van der Waals surface area contributed by atoms with Crippen LogP contribution in [-0.4, -0.2) is 5.11 Å². The van der Waals surface area contributed by atoms with Crippen LogP contribution in [0.25, 0.3) is 11.1 Å². The van der Waals surface area contributed by atoms with Gasteiger partial charge in [0.2, 0.25) is 0 Å². The van der Waals surface area contributed by atoms with Crippen molar-refractivity contribution in [2.24, 2.45) is 0 Å². The van der Waals surface area contributed by atoms with Crippen LogP contribution in [0.2, 0.25) is 0 Å². The third kappa shape index (κ3) is 1.05. The molecule has 0 fully saturated rings. The number of hydrogen-bond acceptors (Lipinski definition) is 1. The van der Waals surface area contributed by atoms with E-state index in [4.69, 9.17) is 5.11 Å². The maximum atomic E-state index is 9.14. The quantitative estimate of drug-likeness (QED) is 0.602. The van der Waals surface area contributed by atoms with Gasteiger partial charge in [-0.1, -0.05) is 30.3 Å². The van der Waals surface area contributed by atoms with Crippen molar-refractivity contribution in [1.29, 1.82) is 0 Å².